The molecular formula is C42H68O15. The van der Waals surface area contributed by atoms with Crippen LogP contribution in [0.5, 0.6) is 0 Å². The number of hydrogen-bond donors (Lipinski definition) is 10. The van der Waals surface area contributed by atoms with Gasteiger partial charge in [-0.1, -0.05) is 53.2 Å². The number of esters is 1. The lowest BCUT2D eigenvalue weighted by molar-refractivity contribution is -0.363. The molecule has 20 unspecified atom stereocenters. The lowest BCUT2D eigenvalue weighted by Crippen LogP contribution is -2.68. The molecule has 15 heteroatoms. The minimum Gasteiger partial charge on any atom is -0.432 e. The minimum absolute atomic E-state index is 0.00144. The zero-order valence-electron chi connectivity index (χ0n) is 34.2. The van der Waals surface area contributed by atoms with Crippen molar-refractivity contribution in [2.45, 2.75) is 173 Å². The van der Waals surface area contributed by atoms with Crippen molar-refractivity contribution in [2.75, 3.05) is 19.8 Å². The molecule has 5 aliphatic carbocycles. The van der Waals surface area contributed by atoms with Crippen LogP contribution in [0.3, 0.4) is 0 Å². The molecule has 0 aromatic heterocycles. The van der Waals surface area contributed by atoms with E-state index in [1.54, 1.807) is 0 Å². The molecule has 20 atom stereocenters. The van der Waals surface area contributed by atoms with Gasteiger partial charge in [-0.3, -0.25) is 4.79 Å². The molecule has 7 aliphatic rings. The normalized spacial score (nSPS) is 54.7. The Morgan fingerprint density at radius 3 is 1.98 bits per heavy atom. The quantitative estimate of drug-likeness (QED) is 0.122. The number of ether oxygens (including phenoxy) is 4. The van der Waals surface area contributed by atoms with E-state index in [9.17, 15) is 51.1 Å². The number of rotatable bonds is 7. The molecule has 57 heavy (non-hydrogen) atoms. The molecule has 4 saturated carbocycles. The van der Waals surface area contributed by atoms with Crippen LogP contribution in [0, 0.1) is 50.2 Å². The van der Waals surface area contributed by atoms with Gasteiger partial charge in [0.1, 0.15) is 42.7 Å². The number of allylic oxidation sites excluding steroid dienone is 2. The lowest BCUT2D eigenvalue weighted by atomic mass is 9.33. The van der Waals surface area contributed by atoms with Crippen LogP contribution in [0.4, 0.5) is 0 Å². The number of fused-ring (bicyclic) bond motifs is 7. The van der Waals surface area contributed by atoms with E-state index in [2.05, 4.69) is 40.7 Å². The Kier molecular flexibility index (Phi) is 11.5. The Morgan fingerprint density at radius 1 is 0.737 bits per heavy atom. The van der Waals surface area contributed by atoms with Gasteiger partial charge in [0.15, 0.2) is 12.4 Å². The number of hydrogen-bond acceptors (Lipinski definition) is 15. The monoisotopic (exact) mass is 812 g/mol. The van der Waals surface area contributed by atoms with E-state index in [1.807, 2.05) is 6.92 Å². The molecule has 0 radical (unpaired) electrons. The number of aliphatic hydroxyl groups excluding tert-OH is 10. The number of carbonyl (C=O) groups is 1. The Balaban J connectivity index is 1.21. The van der Waals surface area contributed by atoms with Crippen molar-refractivity contribution in [3.63, 3.8) is 0 Å². The Hall–Kier alpha value is -1.31. The molecule has 7 rings (SSSR count). The van der Waals surface area contributed by atoms with Crippen molar-refractivity contribution in [1.82, 2.24) is 0 Å². The van der Waals surface area contributed by atoms with E-state index < -0.39 is 104 Å². The molecule has 0 aromatic carbocycles. The van der Waals surface area contributed by atoms with Crippen LogP contribution in [0.1, 0.15) is 99.3 Å². The molecule has 15 nitrogen and oxygen atoms in total. The third-order valence-electron chi connectivity index (χ3n) is 17.3. The highest BCUT2D eigenvalue weighted by molar-refractivity contribution is 5.79. The summed E-state index contributed by atoms with van der Waals surface area (Å²) in [5.74, 6) is -0.665. The molecule has 0 bridgehead atoms. The summed E-state index contributed by atoms with van der Waals surface area (Å²) in [6, 6.07) is 0. The van der Waals surface area contributed by atoms with Crippen LogP contribution in [-0.2, 0) is 23.7 Å². The highest BCUT2D eigenvalue weighted by atomic mass is 16.8. The first-order valence-electron chi connectivity index (χ1n) is 21.1. The summed E-state index contributed by atoms with van der Waals surface area (Å²) in [4.78, 5) is 15.0. The molecule has 0 amide bonds. The van der Waals surface area contributed by atoms with E-state index >= 15 is 4.79 Å². The fourth-order valence-electron chi connectivity index (χ4n) is 13.6. The lowest BCUT2D eigenvalue weighted by Gasteiger charge is -2.71. The summed E-state index contributed by atoms with van der Waals surface area (Å²) < 4.78 is 23.5. The van der Waals surface area contributed by atoms with E-state index in [0.717, 1.165) is 19.3 Å². The Bertz CT molecular complexity index is 1540. The van der Waals surface area contributed by atoms with E-state index in [1.165, 1.54) is 5.57 Å². The van der Waals surface area contributed by atoms with Gasteiger partial charge in [0, 0.05) is 5.41 Å². The van der Waals surface area contributed by atoms with Crippen LogP contribution in [0.15, 0.2) is 11.6 Å². The third kappa shape index (κ3) is 6.43. The van der Waals surface area contributed by atoms with Crippen molar-refractivity contribution < 1.29 is 74.8 Å². The maximum atomic E-state index is 15.0. The summed E-state index contributed by atoms with van der Waals surface area (Å²) in [7, 11) is 0. The van der Waals surface area contributed by atoms with Crippen molar-refractivity contribution in [3.8, 4) is 0 Å². The summed E-state index contributed by atoms with van der Waals surface area (Å²) in [5, 5.41) is 106. The zero-order valence-corrected chi connectivity index (χ0v) is 34.2. The number of aliphatic hydroxyl groups is 10. The largest absolute Gasteiger partial charge is 0.432 e. The van der Waals surface area contributed by atoms with Gasteiger partial charge in [0.2, 0.25) is 6.29 Å². The summed E-state index contributed by atoms with van der Waals surface area (Å²) in [6.45, 7) is 11.6. The molecule has 6 fully saturated rings. The van der Waals surface area contributed by atoms with E-state index in [0.29, 0.717) is 38.5 Å². The number of carbonyl (C=O) groups excluding carboxylic acids is 1. The van der Waals surface area contributed by atoms with Crippen molar-refractivity contribution in [1.29, 1.82) is 0 Å². The van der Waals surface area contributed by atoms with Crippen LogP contribution in [0.25, 0.3) is 0 Å². The standard InChI is InChI=1S/C42H68O15/c1-37(2)11-13-42(36(53)57-35-32(30(50)28(48)24(18-44)55-35)56-34-31(51)29(49)27(47)23(17-43)54-34)14-12-40(5)20(21(42)15-37)7-8-26-38(3)16-22(46)33(52)39(4,19-45)25(38)9-10-41(26,40)6/h7,21-35,43-52H,8-19H2,1-6H3. The molecule has 326 valence electrons. The Labute approximate surface area is 335 Å². The van der Waals surface area contributed by atoms with Gasteiger partial charge in [-0.15, -0.1) is 0 Å². The predicted octanol–water partition coefficient (Wildman–Crippen LogP) is 0.260. The maximum Gasteiger partial charge on any atom is 0.315 e. The SMILES string of the molecule is CC1(C)CCC2(C(=O)OC3OC(CO)C(O)C(O)C3OC3OC(CO)C(O)C(O)C3O)CCC3(C)C(=CCC4C5(C)CC(O)C(O)C(C)(CO)C5CCC43C)C2C1. The average Bonchev–Trinajstić information content (AvgIpc) is 3.16. The van der Waals surface area contributed by atoms with Gasteiger partial charge in [-0.2, -0.15) is 0 Å². The van der Waals surface area contributed by atoms with Crippen LogP contribution in [0.2, 0.25) is 0 Å². The molecule has 0 aromatic rings. The van der Waals surface area contributed by atoms with E-state index in [4.69, 9.17) is 18.9 Å². The first kappa shape index (κ1) is 43.8. The summed E-state index contributed by atoms with van der Waals surface area (Å²) >= 11 is 0. The summed E-state index contributed by atoms with van der Waals surface area (Å²) in [6.07, 6.45) is -10.4. The third-order valence-corrected chi connectivity index (χ3v) is 17.3. The van der Waals surface area contributed by atoms with Crippen molar-refractivity contribution in [3.05, 3.63) is 11.6 Å². The van der Waals surface area contributed by atoms with Gasteiger partial charge < -0.3 is 70.0 Å². The van der Waals surface area contributed by atoms with E-state index in [-0.39, 0.29) is 46.0 Å². The van der Waals surface area contributed by atoms with Crippen LogP contribution in [-0.4, -0.2) is 150 Å². The molecular weight excluding hydrogens is 744 g/mol. The van der Waals surface area contributed by atoms with Gasteiger partial charge in [0.05, 0.1) is 37.4 Å². The maximum absolute atomic E-state index is 15.0. The van der Waals surface area contributed by atoms with Crippen LogP contribution < -0.4 is 0 Å². The second-order valence-electron chi connectivity index (χ2n) is 20.7. The van der Waals surface area contributed by atoms with Crippen LogP contribution >= 0.6 is 0 Å². The van der Waals surface area contributed by atoms with Gasteiger partial charge in [-0.05, 0) is 97.2 Å². The first-order valence-corrected chi connectivity index (χ1v) is 21.1. The molecule has 2 aliphatic heterocycles. The van der Waals surface area contributed by atoms with Crippen molar-refractivity contribution in [2.24, 2.45) is 50.2 Å². The molecule has 2 heterocycles. The fourth-order valence-corrected chi connectivity index (χ4v) is 13.6. The second-order valence-corrected chi connectivity index (χ2v) is 20.7. The highest BCUT2D eigenvalue weighted by Crippen LogP contribution is 2.76. The minimum atomic E-state index is -1.85. The fraction of sp³-hybridized carbons (Fsp3) is 0.929. The smallest absolute Gasteiger partial charge is 0.315 e. The zero-order chi connectivity index (χ0) is 41.8. The Morgan fingerprint density at radius 2 is 1.35 bits per heavy atom. The summed E-state index contributed by atoms with van der Waals surface area (Å²) in [5.41, 5.74) is -1.68. The van der Waals surface area contributed by atoms with Gasteiger partial charge >= 0.3 is 5.97 Å². The predicted molar refractivity (Wildman–Crippen MR) is 200 cm³/mol. The second kappa shape index (κ2) is 14.9. The molecule has 0 spiro atoms. The highest BCUT2D eigenvalue weighted by Gasteiger charge is 2.71. The topological polar surface area (TPSA) is 256 Å². The van der Waals surface area contributed by atoms with Gasteiger partial charge in [0.25, 0.3) is 0 Å². The molecule has 10 N–H and O–H groups in total. The average molecular weight is 813 g/mol. The van der Waals surface area contributed by atoms with Crippen molar-refractivity contribution >= 4 is 5.97 Å². The molecule has 2 saturated heterocycles. The first-order chi connectivity index (χ1) is 26.6. The van der Waals surface area contributed by atoms with Gasteiger partial charge in [-0.25, -0.2) is 0 Å².